The predicted octanol–water partition coefficient (Wildman–Crippen LogP) is 2.12. The Morgan fingerprint density at radius 1 is 1.09 bits per heavy atom. The summed E-state index contributed by atoms with van der Waals surface area (Å²) in [6, 6.07) is 3.14. The first kappa shape index (κ1) is 16.5. The van der Waals surface area contributed by atoms with Crippen LogP contribution in [0.5, 0.6) is 11.6 Å². The van der Waals surface area contributed by atoms with Gasteiger partial charge in [-0.3, -0.25) is 9.80 Å². The lowest BCUT2D eigenvalue weighted by molar-refractivity contribution is 0.0645. The van der Waals surface area contributed by atoms with Crippen LogP contribution in [0.2, 0.25) is 0 Å². The Kier molecular flexibility index (Phi) is 5.07. The van der Waals surface area contributed by atoms with E-state index in [1.165, 1.54) is 18.4 Å². The molecule has 128 valence electrons. The maximum atomic E-state index is 6.08. The maximum absolute atomic E-state index is 6.08. The third-order valence-corrected chi connectivity index (χ3v) is 5.35. The van der Waals surface area contributed by atoms with E-state index in [1.807, 2.05) is 6.92 Å². The lowest BCUT2D eigenvalue weighted by Crippen LogP contribution is -2.48. The zero-order chi connectivity index (χ0) is 16.4. The highest BCUT2D eigenvalue weighted by Crippen LogP contribution is 2.30. The highest BCUT2D eigenvalue weighted by Gasteiger charge is 2.27. The van der Waals surface area contributed by atoms with E-state index in [1.54, 1.807) is 0 Å². The number of hydrogen-bond acceptors (Lipinski definition) is 5. The Morgan fingerprint density at radius 2 is 1.70 bits per heavy atom. The molecule has 0 amide bonds. The molecule has 0 bridgehead atoms. The number of pyridine rings is 1. The summed E-state index contributed by atoms with van der Waals surface area (Å²) >= 11 is 0. The van der Waals surface area contributed by atoms with Crippen molar-refractivity contribution in [3.63, 3.8) is 0 Å². The SMILES string of the molecule is CCc1cc(OC[C@@H]2CCN2C)c(OC[C@@H]2CCN2C)nc1C. The van der Waals surface area contributed by atoms with E-state index in [4.69, 9.17) is 9.47 Å². The van der Waals surface area contributed by atoms with Crippen molar-refractivity contribution in [3.8, 4) is 11.6 Å². The molecule has 2 aliphatic heterocycles. The molecule has 0 unspecified atom stereocenters. The molecule has 0 spiro atoms. The molecule has 0 aromatic carbocycles. The summed E-state index contributed by atoms with van der Waals surface area (Å²) in [5.74, 6) is 1.46. The Labute approximate surface area is 139 Å². The Hall–Kier alpha value is -1.33. The van der Waals surface area contributed by atoms with Gasteiger partial charge in [-0.15, -0.1) is 0 Å². The number of likely N-dealkylation sites (tertiary alicyclic amines) is 2. The molecule has 2 saturated heterocycles. The summed E-state index contributed by atoms with van der Waals surface area (Å²) in [7, 11) is 4.28. The molecule has 0 aliphatic carbocycles. The van der Waals surface area contributed by atoms with Crippen LogP contribution in [0.15, 0.2) is 6.07 Å². The largest absolute Gasteiger partial charge is 0.486 e. The number of nitrogens with zero attached hydrogens (tertiary/aromatic N) is 3. The number of rotatable bonds is 7. The number of likely N-dealkylation sites (N-methyl/N-ethyl adjacent to an activating group) is 2. The van der Waals surface area contributed by atoms with Crippen molar-refractivity contribution in [2.24, 2.45) is 0 Å². The molecule has 5 heteroatoms. The highest BCUT2D eigenvalue weighted by atomic mass is 16.5. The molecule has 2 aliphatic rings. The molecule has 3 heterocycles. The fourth-order valence-corrected chi connectivity index (χ4v) is 3.09. The first-order valence-electron chi connectivity index (χ1n) is 8.75. The van der Waals surface area contributed by atoms with Gasteiger partial charge in [-0.2, -0.15) is 0 Å². The fraction of sp³-hybridized carbons (Fsp3) is 0.722. The Bertz CT molecular complexity index is 549. The van der Waals surface area contributed by atoms with Gasteiger partial charge in [-0.05, 0) is 65.0 Å². The normalized spacial score (nSPS) is 24.9. The number of ether oxygens (including phenoxy) is 2. The lowest BCUT2D eigenvalue weighted by Gasteiger charge is -2.38. The average molecular weight is 319 g/mol. The summed E-state index contributed by atoms with van der Waals surface area (Å²) < 4.78 is 12.1. The molecule has 2 atom stereocenters. The van der Waals surface area contributed by atoms with Gasteiger partial charge < -0.3 is 9.47 Å². The van der Waals surface area contributed by atoms with Crippen LogP contribution in [0.4, 0.5) is 0 Å². The van der Waals surface area contributed by atoms with E-state index in [2.05, 4.69) is 41.9 Å². The van der Waals surface area contributed by atoms with Crippen molar-refractivity contribution >= 4 is 0 Å². The van der Waals surface area contributed by atoms with Crippen LogP contribution in [0.1, 0.15) is 31.0 Å². The van der Waals surface area contributed by atoms with E-state index >= 15 is 0 Å². The highest BCUT2D eigenvalue weighted by molar-refractivity contribution is 5.39. The van der Waals surface area contributed by atoms with Crippen LogP contribution in [-0.2, 0) is 6.42 Å². The second-order valence-corrected chi connectivity index (χ2v) is 6.86. The lowest BCUT2D eigenvalue weighted by atomic mass is 10.1. The van der Waals surface area contributed by atoms with E-state index in [-0.39, 0.29) is 0 Å². The molecule has 23 heavy (non-hydrogen) atoms. The predicted molar refractivity (Wildman–Crippen MR) is 91.4 cm³/mol. The van der Waals surface area contributed by atoms with Crippen molar-refractivity contribution in [1.82, 2.24) is 14.8 Å². The minimum absolute atomic E-state index is 0.508. The minimum Gasteiger partial charge on any atom is -0.486 e. The third kappa shape index (κ3) is 3.61. The van der Waals surface area contributed by atoms with Crippen molar-refractivity contribution in [2.75, 3.05) is 40.4 Å². The smallest absolute Gasteiger partial charge is 0.257 e. The fourth-order valence-electron chi connectivity index (χ4n) is 3.09. The van der Waals surface area contributed by atoms with Gasteiger partial charge in [0, 0.05) is 17.8 Å². The Balaban J connectivity index is 1.68. The molecule has 3 rings (SSSR count). The number of hydrogen-bond donors (Lipinski definition) is 0. The first-order valence-corrected chi connectivity index (χ1v) is 8.75. The van der Waals surface area contributed by atoms with Crippen molar-refractivity contribution in [2.45, 2.75) is 45.2 Å². The van der Waals surface area contributed by atoms with Crippen molar-refractivity contribution in [1.29, 1.82) is 0 Å². The second kappa shape index (κ2) is 7.05. The van der Waals surface area contributed by atoms with Gasteiger partial charge in [0.1, 0.15) is 13.2 Å². The first-order chi connectivity index (χ1) is 11.1. The van der Waals surface area contributed by atoms with Crippen molar-refractivity contribution < 1.29 is 9.47 Å². The van der Waals surface area contributed by atoms with Crippen molar-refractivity contribution in [3.05, 3.63) is 17.3 Å². The molecule has 0 N–H and O–H groups in total. The topological polar surface area (TPSA) is 37.8 Å². The zero-order valence-electron chi connectivity index (χ0n) is 14.8. The van der Waals surface area contributed by atoms with Gasteiger partial charge in [0.15, 0.2) is 5.75 Å². The average Bonchev–Trinajstić information content (AvgIpc) is 2.53. The van der Waals surface area contributed by atoms with E-state index in [0.29, 0.717) is 31.2 Å². The molecule has 1 aromatic heterocycles. The zero-order valence-corrected chi connectivity index (χ0v) is 14.8. The molecule has 5 nitrogen and oxygen atoms in total. The van der Waals surface area contributed by atoms with Gasteiger partial charge in [0.2, 0.25) is 0 Å². The van der Waals surface area contributed by atoms with Crippen LogP contribution in [0, 0.1) is 6.92 Å². The standard InChI is InChI=1S/C18H29N3O2/c1-5-14-10-17(22-11-15-6-8-20(15)3)18(19-13(14)2)23-12-16-7-9-21(16)4/h10,15-16H,5-9,11-12H2,1-4H3/t15-,16-/m0/s1. The summed E-state index contributed by atoms with van der Waals surface area (Å²) in [6.45, 7) is 7.92. The quantitative estimate of drug-likeness (QED) is 0.769. The van der Waals surface area contributed by atoms with Crippen LogP contribution in [-0.4, -0.2) is 67.3 Å². The summed E-state index contributed by atoms with van der Waals surface area (Å²) in [6.07, 6.45) is 3.37. The van der Waals surface area contributed by atoms with Crippen LogP contribution in [0.3, 0.4) is 0 Å². The molecule has 0 radical (unpaired) electrons. The summed E-state index contributed by atoms with van der Waals surface area (Å²) in [5.41, 5.74) is 2.27. The second-order valence-electron chi connectivity index (χ2n) is 6.86. The van der Waals surface area contributed by atoms with Crippen LogP contribution >= 0.6 is 0 Å². The number of aryl methyl sites for hydroxylation is 2. The van der Waals surface area contributed by atoms with Gasteiger partial charge in [-0.25, -0.2) is 4.98 Å². The van der Waals surface area contributed by atoms with Gasteiger partial charge in [-0.1, -0.05) is 6.92 Å². The molecule has 0 saturated carbocycles. The maximum Gasteiger partial charge on any atom is 0.257 e. The number of aromatic nitrogens is 1. The van der Waals surface area contributed by atoms with Crippen LogP contribution in [0.25, 0.3) is 0 Å². The van der Waals surface area contributed by atoms with E-state index in [9.17, 15) is 0 Å². The summed E-state index contributed by atoms with van der Waals surface area (Å²) in [5, 5.41) is 0. The summed E-state index contributed by atoms with van der Waals surface area (Å²) in [4.78, 5) is 9.30. The van der Waals surface area contributed by atoms with E-state index < -0.39 is 0 Å². The van der Waals surface area contributed by atoms with E-state index in [0.717, 1.165) is 31.0 Å². The monoisotopic (exact) mass is 319 g/mol. The molecule has 2 fully saturated rings. The molecular weight excluding hydrogens is 290 g/mol. The van der Waals surface area contributed by atoms with Gasteiger partial charge in [0.25, 0.3) is 5.88 Å². The molecule has 1 aromatic rings. The Morgan fingerprint density at radius 3 is 2.17 bits per heavy atom. The van der Waals surface area contributed by atoms with Gasteiger partial charge >= 0.3 is 0 Å². The third-order valence-electron chi connectivity index (χ3n) is 5.35. The van der Waals surface area contributed by atoms with Gasteiger partial charge in [0.05, 0.1) is 0 Å². The van der Waals surface area contributed by atoms with Crippen LogP contribution < -0.4 is 9.47 Å². The minimum atomic E-state index is 0.508. The molecular formula is C18H29N3O2.